The van der Waals surface area contributed by atoms with Crippen molar-refractivity contribution in [3.05, 3.63) is 0 Å². The topological polar surface area (TPSA) is 46.2 Å². The number of aliphatic hydroxyl groups excluding tert-OH is 1. The zero-order valence-electron chi connectivity index (χ0n) is 10.5. The largest absolute Gasteiger partial charge is 0.396 e. The second-order valence-corrected chi connectivity index (χ2v) is 5.50. The van der Waals surface area contributed by atoms with Gasteiger partial charge in [0.15, 0.2) is 0 Å². The first-order valence-corrected chi connectivity index (χ1v) is 6.43. The fourth-order valence-corrected chi connectivity index (χ4v) is 3.44. The van der Waals surface area contributed by atoms with E-state index in [0.717, 1.165) is 18.8 Å². The highest BCUT2D eigenvalue weighted by Gasteiger charge is 2.43. The van der Waals surface area contributed by atoms with Gasteiger partial charge in [0.2, 0.25) is 0 Å². The Balaban J connectivity index is 2.79. The Morgan fingerprint density at radius 1 is 1.47 bits per heavy atom. The molecule has 0 saturated heterocycles. The molecule has 0 aromatic carbocycles. The van der Waals surface area contributed by atoms with E-state index >= 15 is 0 Å². The zero-order chi connectivity index (χ0) is 11.5. The summed E-state index contributed by atoms with van der Waals surface area (Å²) in [7, 11) is 0. The SMILES string of the molecule is CCC(N)C1(CCO)CCC(C)CC1C. The van der Waals surface area contributed by atoms with Crippen molar-refractivity contribution in [1.29, 1.82) is 0 Å². The van der Waals surface area contributed by atoms with Crippen molar-refractivity contribution >= 4 is 0 Å². The van der Waals surface area contributed by atoms with E-state index < -0.39 is 0 Å². The molecule has 1 fully saturated rings. The molecule has 2 nitrogen and oxygen atoms in total. The van der Waals surface area contributed by atoms with E-state index in [-0.39, 0.29) is 18.1 Å². The van der Waals surface area contributed by atoms with Crippen LogP contribution in [0.2, 0.25) is 0 Å². The van der Waals surface area contributed by atoms with Gasteiger partial charge in [0.25, 0.3) is 0 Å². The van der Waals surface area contributed by atoms with Gasteiger partial charge < -0.3 is 10.8 Å². The van der Waals surface area contributed by atoms with Crippen LogP contribution in [-0.2, 0) is 0 Å². The molecule has 1 saturated carbocycles. The molecule has 1 aliphatic rings. The molecule has 4 unspecified atom stereocenters. The van der Waals surface area contributed by atoms with Gasteiger partial charge in [-0.1, -0.05) is 27.2 Å². The van der Waals surface area contributed by atoms with Gasteiger partial charge in [-0.25, -0.2) is 0 Å². The molecule has 0 aliphatic heterocycles. The molecular formula is C13H27NO. The molecule has 0 aromatic heterocycles. The molecular weight excluding hydrogens is 186 g/mol. The van der Waals surface area contributed by atoms with E-state index in [1.54, 1.807) is 0 Å². The van der Waals surface area contributed by atoms with Crippen LogP contribution in [0.25, 0.3) is 0 Å². The average molecular weight is 213 g/mol. The highest BCUT2D eigenvalue weighted by Crippen LogP contribution is 2.48. The van der Waals surface area contributed by atoms with Crippen LogP contribution < -0.4 is 5.73 Å². The first-order valence-electron chi connectivity index (χ1n) is 6.43. The molecule has 2 heteroatoms. The van der Waals surface area contributed by atoms with E-state index in [2.05, 4.69) is 20.8 Å². The summed E-state index contributed by atoms with van der Waals surface area (Å²) in [6.45, 7) is 7.10. The molecule has 15 heavy (non-hydrogen) atoms. The average Bonchev–Trinajstić information content (AvgIpc) is 2.21. The van der Waals surface area contributed by atoms with Gasteiger partial charge in [0.05, 0.1) is 0 Å². The summed E-state index contributed by atoms with van der Waals surface area (Å²) in [5.41, 5.74) is 6.50. The van der Waals surface area contributed by atoms with Gasteiger partial charge >= 0.3 is 0 Å². The van der Waals surface area contributed by atoms with Crippen LogP contribution in [0.4, 0.5) is 0 Å². The highest BCUT2D eigenvalue weighted by molar-refractivity contribution is 4.96. The number of hydrogen-bond donors (Lipinski definition) is 2. The molecule has 3 N–H and O–H groups in total. The van der Waals surface area contributed by atoms with Gasteiger partial charge in [-0.05, 0) is 42.9 Å². The lowest BCUT2D eigenvalue weighted by molar-refractivity contribution is 0.0229. The van der Waals surface area contributed by atoms with Crippen molar-refractivity contribution in [3.8, 4) is 0 Å². The Kier molecular flexibility index (Phi) is 4.60. The minimum absolute atomic E-state index is 0.204. The lowest BCUT2D eigenvalue weighted by Gasteiger charge is -2.48. The lowest BCUT2D eigenvalue weighted by Crippen LogP contribution is -2.49. The summed E-state index contributed by atoms with van der Waals surface area (Å²) in [6.07, 6.45) is 5.66. The third-order valence-electron chi connectivity index (χ3n) is 4.60. The van der Waals surface area contributed by atoms with Crippen molar-refractivity contribution < 1.29 is 5.11 Å². The third-order valence-corrected chi connectivity index (χ3v) is 4.60. The number of rotatable bonds is 4. The van der Waals surface area contributed by atoms with Crippen LogP contribution in [0.15, 0.2) is 0 Å². The Morgan fingerprint density at radius 3 is 2.60 bits per heavy atom. The Labute approximate surface area is 94.2 Å². The minimum Gasteiger partial charge on any atom is -0.396 e. The van der Waals surface area contributed by atoms with Crippen molar-refractivity contribution in [2.24, 2.45) is 23.0 Å². The first kappa shape index (κ1) is 13.0. The molecule has 0 aromatic rings. The van der Waals surface area contributed by atoms with Gasteiger partial charge in [0.1, 0.15) is 0 Å². The molecule has 4 atom stereocenters. The maximum Gasteiger partial charge on any atom is 0.0437 e. The number of hydrogen-bond acceptors (Lipinski definition) is 2. The van der Waals surface area contributed by atoms with Crippen LogP contribution in [0, 0.1) is 17.3 Å². The molecule has 90 valence electrons. The summed E-state index contributed by atoms with van der Waals surface area (Å²) in [6, 6.07) is 0.257. The number of aliphatic hydroxyl groups is 1. The van der Waals surface area contributed by atoms with Gasteiger partial charge in [-0.3, -0.25) is 0 Å². The zero-order valence-corrected chi connectivity index (χ0v) is 10.5. The van der Waals surface area contributed by atoms with E-state index in [4.69, 9.17) is 5.73 Å². The minimum atomic E-state index is 0.204. The van der Waals surface area contributed by atoms with Crippen LogP contribution in [0.1, 0.15) is 52.9 Å². The van der Waals surface area contributed by atoms with Crippen molar-refractivity contribution in [3.63, 3.8) is 0 Å². The second-order valence-electron chi connectivity index (χ2n) is 5.50. The van der Waals surface area contributed by atoms with Crippen molar-refractivity contribution in [2.45, 2.75) is 58.9 Å². The molecule has 0 spiro atoms. The molecule has 1 rings (SSSR count). The summed E-state index contributed by atoms with van der Waals surface area (Å²) >= 11 is 0. The number of nitrogens with two attached hydrogens (primary N) is 1. The van der Waals surface area contributed by atoms with E-state index in [1.165, 1.54) is 19.3 Å². The Bertz CT molecular complexity index is 195. The molecule has 0 amide bonds. The smallest absolute Gasteiger partial charge is 0.0437 e. The Morgan fingerprint density at radius 2 is 2.13 bits per heavy atom. The summed E-state index contributed by atoms with van der Waals surface area (Å²) in [4.78, 5) is 0. The fourth-order valence-electron chi connectivity index (χ4n) is 3.44. The normalized spacial score (nSPS) is 39.0. The van der Waals surface area contributed by atoms with E-state index in [0.29, 0.717) is 5.92 Å². The van der Waals surface area contributed by atoms with Crippen LogP contribution in [0.5, 0.6) is 0 Å². The fraction of sp³-hybridized carbons (Fsp3) is 1.00. The molecule has 0 radical (unpaired) electrons. The van der Waals surface area contributed by atoms with Crippen LogP contribution in [0.3, 0.4) is 0 Å². The summed E-state index contributed by atoms with van der Waals surface area (Å²) < 4.78 is 0. The highest BCUT2D eigenvalue weighted by atomic mass is 16.3. The summed E-state index contributed by atoms with van der Waals surface area (Å²) in [5, 5.41) is 9.26. The van der Waals surface area contributed by atoms with E-state index in [1.807, 2.05) is 0 Å². The van der Waals surface area contributed by atoms with Gasteiger partial charge in [-0.2, -0.15) is 0 Å². The lowest BCUT2D eigenvalue weighted by atomic mass is 9.59. The van der Waals surface area contributed by atoms with Gasteiger partial charge in [0, 0.05) is 12.6 Å². The van der Waals surface area contributed by atoms with Crippen LogP contribution >= 0.6 is 0 Å². The van der Waals surface area contributed by atoms with Crippen LogP contribution in [-0.4, -0.2) is 17.8 Å². The molecule has 1 aliphatic carbocycles. The third kappa shape index (κ3) is 2.54. The van der Waals surface area contributed by atoms with E-state index in [9.17, 15) is 5.11 Å². The summed E-state index contributed by atoms with van der Waals surface area (Å²) in [5.74, 6) is 1.49. The predicted molar refractivity (Wildman–Crippen MR) is 64.6 cm³/mol. The predicted octanol–water partition coefficient (Wildman–Crippen LogP) is 2.55. The quantitative estimate of drug-likeness (QED) is 0.754. The van der Waals surface area contributed by atoms with Crippen molar-refractivity contribution in [1.82, 2.24) is 0 Å². The molecule has 0 heterocycles. The monoisotopic (exact) mass is 213 g/mol. The standard InChI is InChI=1S/C13H27NO/c1-4-12(14)13(7-8-15)6-5-10(2)9-11(13)3/h10-12,15H,4-9,14H2,1-3H3. The first-order chi connectivity index (χ1) is 7.06. The second kappa shape index (κ2) is 5.31. The van der Waals surface area contributed by atoms with Gasteiger partial charge in [-0.15, -0.1) is 0 Å². The maximum atomic E-state index is 9.26. The molecule has 0 bridgehead atoms. The Hall–Kier alpha value is -0.0800. The van der Waals surface area contributed by atoms with Crippen molar-refractivity contribution in [2.75, 3.05) is 6.61 Å². The maximum absolute atomic E-state index is 9.26.